The van der Waals surface area contributed by atoms with Gasteiger partial charge in [0.2, 0.25) is 0 Å². The maximum Gasteiger partial charge on any atom is 0.419 e. The summed E-state index contributed by atoms with van der Waals surface area (Å²) < 4.78 is 61.8. The lowest BCUT2D eigenvalue weighted by molar-refractivity contribution is -0.149. The van der Waals surface area contributed by atoms with E-state index in [1.54, 1.807) is 0 Å². The molecule has 4 nitrogen and oxygen atoms in total. The number of alkyl halides is 3. The van der Waals surface area contributed by atoms with Crippen molar-refractivity contribution in [2.45, 2.75) is 90.3 Å². The van der Waals surface area contributed by atoms with E-state index in [1.807, 2.05) is 6.92 Å². The number of hydrogen-bond donors (Lipinski definition) is 0. The molecule has 0 aliphatic heterocycles. The summed E-state index contributed by atoms with van der Waals surface area (Å²) in [7, 11) is 0. The molecular formula is C22H30F4O4. The van der Waals surface area contributed by atoms with Gasteiger partial charge in [-0.2, -0.15) is 13.2 Å². The van der Waals surface area contributed by atoms with E-state index in [-0.39, 0.29) is 25.4 Å². The summed E-state index contributed by atoms with van der Waals surface area (Å²) in [6.07, 6.45) is 2.39. The normalized spacial score (nSPS) is 12.5. The monoisotopic (exact) mass is 434 g/mol. The predicted molar refractivity (Wildman–Crippen MR) is 104 cm³/mol. The van der Waals surface area contributed by atoms with Crippen molar-refractivity contribution in [2.24, 2.45) is 0 Å². The summed E-state index contributed by atoms with van der Waals surface area (Å²) in [5, 5.41) is 0. The van der Waals surface area contributed by atoms with Crippen LogP contribution in [0.4, 0.5) is 17.6 Å². The molecule has 0 fully saturated rings. The zero-order valence-corrected chi connectivity index (χ0v) is 17.5. The van der Waals surface area contributed by atoms with Crippen molar-refractivity contribution in [1.29, 1.82) is 0 Å². The minimum Gasteiger partial charge on any atom is -0.463 e. The van der Waals surface area contributed by atoms with E-state index in [4.69, 9.17) is 4.74 Å². The summed E-state index contributed by atoms with van der Waals surface area (Å²) in [4.78, 5) is 23.6. The Kier molecular flexibility index (Phi) is 11.4. The average molecular weight is 434 g/mol. The highest BCUT2D eigenvalue weighted by atomic mass is 19.4. The summed E-state index contributed by atoms with van der Waals surface area (Å²) in [6.45, 7) is 3.97. The van der Waals surface area contributed by atoms with Crippen LogP contribution in [0.3, 0.4) is 0 Å². The second kappa shape index (κ2) is 13.2. The molecule has 0 radical (unpaired) electrons. The molecule has 0 saturated heterocycles. The van der Waals surface area contributed by atoms with Gasteiger partial charge in [-0.05, 0) is 38.3 Å². The van der Waals surface area contributed by atoms with Crippen LogP contribution in [-0.4, -0.2) is 18.0 Å². The van der Waals surface area contributed by atoms with E-state index in [1.165, 1.54) is 25.7 Å². The predicted octanol–water partition coefficient (Wildman–Crippen LogP) is 6.60. The molecule has 1 rings (SSSR count). The molecule has 1 aromatic rings. The molecule has 0 saturated carbocycles. The molecule has 0 bridgehead atoms. The van der Waals surface area contributed by atoms with Crippen LogP contribution in [0.15, 0.2) is 18.2 Å². The van der Waals surface area contributed by atoms with Crippen molar-refractivity contribution in [3.63, 3.8) is 0 Å². The Morgan fingerprint density at radius 1 is 0.967 bits per heavy atom. The van der Waals surface area contributed by atoms with Gasteiger partial charge in [-0.15, -0.1) is 0 Å². The fourth-order valence-electron chi connectivity index (χ4n) is 2.91. The molecule has 0 N–H and O–H groups in total. The molecule has 0 aliphatic rings. The summed E-state index contributed by atoms with van der Waals surface area (Å²) in [5.41, 5.74) is -1.50. The average Bonchev–Trinajstić information content (AvgIpc) is 2.65. The topological polar surface area (TPSA) is 52.6 Å². The number of esters is 2. The molecule has 0 heterocycles. The summed E-state index contributed by atoms with van der Waals surface area (Å²) in [5.74, 6) is -3.79. The van der Waals surface area contributed by atoms with Gasteiger partial charge in [0.25, 0.3) is 0 Å². The van der Waals surface area contributed by atoms with Gasteiger partial charge < -0.3 is 9.47 Å². The van der Waals surface area contributed by atoms with E-state index in [0.717, 1.165) is 31.4 Å². The Labute approximate surface area is 174 Å². The smallest absolute Gasteiger partial charge is 0.419 e. The van der Waals surface area contributed by atoms with Gasteiger partial charge in [0.05, 0.1) is 11.7 Å². The van der Waals surface area contributed by atoms with E-state index in [0.29, 0.717) is 6.07 Å². The minimum absolute atomic E-state index is 0.0268. The van der Waals surface area contributed by atoms with Crippen molar-refractivity contribution >= 4 is 11.9 Å². The zero-order chi connectivity index (χ0) is 22.6. The van der Waals surface area contributed by atoms with Crippen LogP contribution in [0.5, 0.6) is 5.75 Å². The first-order chi connectivity index (χ1) is 14.1. The van der Waals surface area contributed by atoms with Gasteiger partial charge in [-0.3, -0.25) is 9.59 Å². The first-order valence-corrected chi connectivity index (χ1v) is 10.4. The molecular weight excluding hydrogens is 404 g/mol. The minimum atomic E-state index is -4.89. The number of ether oxygens (including phenoxy) is 2. The van der Waals surface area contributed by atoms with Crippen molar-refractivity contribution < 1.29 is 36.6 Å². The van der Waals surface area contributed by atoms with E-state index >= 15 is 0 Å². The lowest BCUT2D eigenvalue weighted by Crippen LogP contribution is -2.16. The lowest BCUT2D eigenvalue weighted by atomic mass is 10.1. The van der Waals surface area contributed by atoms with Crippen LogP contribution < -0.4 is 4.74 Å². The lowest BCUT2D eigenvalue weighted by Gasteiger charge is -2.13. The fraction of sp³-hybridized carbons (Fsp3) is 0.636. The Balaban J connectivity index is 2.29. The molecule has 1 aromatic carbocycles. The molecule has 0 amide bonds. The van der Waals surface area contributed by atoms with Crippen molar-refractivity contribution in [2.75, 3.05) is 0 Å². The molecule has 0 aromatic heterocycles. The second-order valence-corrected chi connectivity index (χ2v) is 7.30. The van der Waals surface area contributed by atoms with Crippen LogP contribution in [-0.2, 0) is 20.5 Å². The molecule has 1 unspecified atom stereocenters. The van der Waals surface area contributed by atoms with Crippen LogP contribution in [0.2, 0.25) is 0 Å². The SMILES string of the molecule is CCCCCCCCC(C)OC(=O)CCCC(=O)Oc1cccc(C(F)(F)F)c1F. The van der Waals surface area contributed by atoms with E-state index in [9.17, 15) is 27.2 Å². The Morgan fingerprint density at radius 2 is 1.60 bits per heavy atom. The number of carbonyl (C=O) groups excluding carboxylic acids is 2. The number of carbonyl (C=O) groups is 2. The molecule has 30 heavy (non-hydrogen) atoms. The van der Waals surface area contributed by atoms with Gasteiger partial charge in [-0.25, -0.2) is 4.39 Å². The third kappa shape index (κ3) is 10.1. The van der Waals surface area contributed by atoms with Gasteiger partial charge in [0, 0.05) is 12.8 Å². The van der Waals surface area contributed by atoms with E-state index < -0.39 is 35.2 Å². The van der Waals surface area contributed by atoms with Gasteiger partial charge in [0.1, 0.15) is 0 Å². The number of unbranched alkanes of at least 4 members (excludes halogenated alkanes) is 5. The summed E-state index contributed by atoms with van der Waals surface area (Å²) in [6, 6.07) is 2.47. The van der Waals surface area contributed by atoms with Crippen LogP contribution >= 0.6 is 0 Å². The maximum absolute atomic E-state index is 13.8. The number of benzene rings is 1. The molecule has 8 heteroatoms. The summed E-state index contributed by atoms with van der Waals surface area (Å²) >= 11 is 0. The molecule has 170 valence electrons. The Hall–Kier alpha value is -2.12. The second-order valence-electron chi connectivity index (χ2n) is 7.30. The first kappa shape index (κ1) is 25.9. The number of rotatable bonds is 13. The first-order valence-electron chi connectivity index (χ1n) is 10.4. The number of halogens is 4. The number of hydrogen-bond acceptors (Lipinski definition) is 4. The van der Waals surface area contributed by atoms with Gasteiger partial charge in [0.15, 0.2) is 11.6 Å². The van der Waals surface area contributed by atoms with Crippen molar-refractivity contribution in [3.05, 3.63) is 29.6 Å². The van der Waals surface area contributed by atoms with Gasteiger partial charge >= 0.3 is 18.1 Å². The Bertz CT molecular complexity index is 674. The molecule has 1 atom stereocenters. The molecule has 0 spiro atoms. The van der Waals surface area contributed by atoms with Crippen molar-refractivity contribution in [1.82, 2.24) is 0 Å². The van der Waals surface area contributed by atoms with Crippen LogP contribution in [0, 0.1) is 5.82 Å². The zero-order valence-electron chi connectivity index (χ0n) is 17.5. The maximum atomic E-state index is 13.8. The highest BCUT2D eigenvalue weighted by Crippen LogP contribution is 2.34. The highest BCUT2D eigenvalue weighted by Gasteiger charge is 2.35. The van der Waals surface area contributed by atoms with Crippen LogP contribution in [0.1, 0.15) is 83.6 Å². The standard InChI is InChI=1S/C22H30F4O4/c1-3-4-5-6-7-8-11-16(2)29-19(27)14-10-15-20(28)30-18-13-9-12-17(21(18)23)22(24,25)26/h9,12-13,16H,3-8,10-11,14-15H2,1-2H3. The quantitative estimate of drug-likeness (QED) is 0.152. The van der Waals surface area contributed by atoms with E-state index in [2.05, 4.69) is 11.7 Å². The largest absolute Gasteiger partial charge is 0.463 e. The van der Waals surface area contributed by atoms with Gasteiger partial charge in [-0.1, -0.05) is 45.1 Å². The third-order valence-corrected chi connectivity index (χ3v) is 4.55. The molecule has 0 aliphatic carbocycles. The Morgan fingerprint density at radius 3 is 2.27 bits per heavy atom. The fourth-order valence-corrected chi connectivity index (χ4v) is 2.91. The van der Waals surface area contributed by atoms with Crippen LogP contribution in [0.25, 0.3) is 0 Å². The van der Waals surface area contributed by atoms with Crippen molar-refractivity contribution in [3.8, 4) is 5.75 Å². The highest BCUT2D eigenvalue weighted by molar-refractivity contribution is 5.74. The third-order valence-electron chi connectivity index (χ3n) is 4.55.